The lowest BCUT2D eigenvalue weighted by molar-refractivity contribution is 0.627. The van der Waals surface area contributed by atoms with Gasteiger partial charge in [0.05, 0.1) is 11.9 Å². The molecule has 0 unspecified atom stereocenters. The average molecular weight is 303 g/mol. The lowest BCUT2D eigenvalue weighted by Crippen LogP contribution is -1.99. The lowest BCUT2D eigenvalue weighted by atomic mass is 10.1. The molecule has 0 bridgehead atoms. The highest BCUT2D eigenvalue weighted by molar-refractivity contribution is 6.29. The van der Waals surface area contributed by atoms with Crippen molar-refractivity contribution in [3.05, 3.63) is 65.1 Å². The first-order valence-corrected chi connectivity index (χ1v) is 6.75. The number of aromatic nitrogens is 4. The molecule has 0 fully saturated rings. The van der Waals surface area contributed by atoms with E-state index in [1.807, 2.05) is 13.2 Å². The molecule has 0 saturated heterocycles. The van der Waals surface area contributed by atoms with Crippen molar-refractivity contribution in [3.63, 3.8) is 0 Å². The third kappa shape index (κ3) is 3.25. The van der Waals surface area contributed by atoms with Crippen molar-refractivity contribution in [2.75, 3.05) is 0 Å². The molecule has 0 aliphatic heterocycles. The molecule has 21 heavy (non-hydrogen) atoms. The SMILES string of the molecule is Cn1cc(-c2cc(Cl)nc(Cc3ccc(F)cc3)n2)cn1. The summed E-state index contributed by atoms with van der Waals surface area (Å²) < 4.78 is 14.6. The number of benzene rings is 1. The molecule has 0 aliphatic carbocycles. The highest BCUT2D eigenvalue weighted by Gasteiger charge is 2.08. The van der Waals surface area contributed by atoms with E-state index in [0.717, 1.165) is 16.8 Å². The van der Waals surface area contributed by atoms with E-state index in [1.54, 1.807) is 29.1 Å². The molecule has 3 aromatic rings. The molecule has 106 valence electrons. The van der Waals surface area contributed by atoms with Crippen molar-refractivity contribution in [2.45, 2.75) is 6.42 Å². The van der Waals surface area contributed by atoms with E-state index in [1.165, 1.54) is 12.1 Å². The Bertz CT molecular complexity index is 768. The first kappa shape index (κ1) is 13.7. The van der Waals surface area contributed by atoms with Crippen LogP contribution in [-0.2, 0) is 13.5 Å². The zero-order valence-corrected chi connectivity index (χ0v) is 12.0. The summed E-state index contributed by atoms with van der Waals surface area (Å²) in [5.74, 6) is 0.328. The second-order valence-corrected chi connectivity index (χ2v) is 5.09. The lowest BCUT2D eigenvalue weighted by Gasteiger charge is -2.04. The minimum absolute atomic E-state index is 0.262. The molecule has 0 N–H and O–H groups in total. The van der Waals surface area contributed by atoms with Gasteiger partial charge in [0, 0.05) is 31.3 Å². The van der Waals surface area contributed by atoms with E-state index in [0.29, 0.717) is 17.4 Å². The summed E-state index contributed by atoms with van der Waals surface area (Å²) >= 11 is 6.06. The maximum atomic E-state index is 12.9. The van der Waals surface area contributed by atoms with Crippen LogP contribution in [0.15, 0.2) is 42.7 Å². The molecule has 2 heterocycles. The third-order valence-electron chi connectivity index (χ3n) is 3.02. The second kappa shape index (κ2) is 5.61. The molecule has 0 amide bonds. The van der Waals surface area contributed by atoms with E-state index in [2.05, 4.69) is 15.1 Å². The molecule has 1 aromatic carbocycles. The molecule has 0 radical (unpaired) electrons. The number of nitrogens with zero attached hydrogens (tertiary/aromatic N) is 4. The summed E-state index contributed by atoms with van der Waals surface area (Å²) in [7, 11) is 1.84. The standard InChI is InChI=1S/C15H12ClFN4/c1-21-9-11(8-18-21)13-7-14(16)20-15(19-13)6-10-2-4-12(17)5-3-10/h2-5,7-9H,6H2,1H3. The van der Waals surface area contributed by atoms with Crippen LogP contribution in [0.2, 0.25) is 5.15 Å². The molecule has 0 atom stereocenters. The molecule has 0 saturated carbocycles. The largest absolute Gasteiger partial charge is 0.275 e. The topological polar surface area (TPSA) is 43.6 Å². The van der Waals surface area contributed by atoms with Crippen LogP contribution in [0.25, 0.3) is 11.3 Å². The molecule has 6 heteroatoms. The van der Waals surface area contributed by atoms with Crippen LogP contribution in [0.3, 0.4) is 0 Å². The van der Waals surface area contributed by atoms with Gasteiger partial charge in [-0.2, -0.15) is 5.10 Å². The van der Waals surface area contributed by atoms with Crippen molar-refractivity contribution in [1.29, 1.82) is 0 Å². The van der Waals surface area contributed by atoms with Gasteiger partial charge in [-0.25, -0.2) is 14.4 Å². The Kier molecular flexibility index (Phi) is 3.66. The minimum atomic E-state index is -0.262. The highest BCUT2D eigenvalue weighted by Crippen LogP contribution is 2.20. The summed E-state index contributed by atoms with van der Waals surface area (Å²) in [5.41, 5.74) is 2.53. The van der Waals surface area contributed by atoms with Crippen LogP contribution in [0, 0.1) is 5.82 Å². The maximum absolute atomic E-state index is 12.9. The maximum Gasteiger partial charge on any atom is 0.135 e. The van der Waals surface area contributed by atoms with Gasteiger partial charge in [0.25, 0.3) is 0 Å². The van der Waals surface area contributed by atoms with Gasteiger partial charge in [-0.05, 0) is 17.7 Å². The predicted octanol–water partition coefficient (Wildman–Crippen LogP) is 3.26. The molecular weight excluding hydrogens is 291 g/mol. The molecule has 3 rings (SSSR count). The zero-order chi connectivity index (χ0) is 14.8. The Labute approximate surface area is 126 Å². The van der Waals surface area contributed by atoms with Gasteiger partial charge in [0.1, 0.15) is 16.8 Å². The van der Waals surface area contributed by atoms with Gasteiger partial charge >= 0.3 is 0 Å². The van der Waals surface area contributed by atoms with Crippen LogP contribution >= 0.6 is 11.6 Å². The fourth-order valence-electron chi connectivity index (χ4n) is 2.03. The monoisotopic (exact) mass is 302 g/mol. The van der Waals surface area contributed by atoms with Crippen molar-refractivity contribution < 1.29 is 4.39 Å². The van der Waals surface area contributed by atoms with Gasteiger partial charge in [0.2, 0.25) is 0 Å². The highest BCUT2D eigenvalue weighted by atomic mass is 35.5. The fourth-order valence-corrected chi connectivity index (χ4v) is 2.23. The number of hydrogen-bond donors (Lipinski definition) is 0. The molecule has 0 aliphatic rings. The summed E-state index contributed by atoms with van der Waals surface area (Å²) in [4.78, 5) is 8.71. The minimum Gasteiger partial charge on any atom is -0.275 e. The number of aryl methyl sites for hydroxylation is 1. The van der Waals surface area contributed by atoms with Crippen LogP contribution in [0.4, 0.5) is 4.39 Å². The van der Waals surface area contributed by atoms with Crippen molar-refractivity contribution in [1.82, 2.24) is 19.7 Å². The molecule has 0 spiro atoms. The van der Waals surface area contributed by atoms with E-state index < -0.39 is 0 Å². The Morgan fingerprint density at radius 2 is 1.95 bits per heavy atom. The number of hydrogen-bond acceptors (Lipinski definition) is 3. The van der Waals surface area contributed by atoms with Crippen LogP contribution in [-0.4, -0.2) is 19.7 Å². The van der Waals surface area contributed by atoms with E-state index >= 15 is 0 Å². The van der Waals surface area contributed by atoms with Gasteiger partial charge < -0.3 is 0 Å². The van der Waals surface area contributed by atoms with Crippen molar-refractivity contribution >= 4 is 11.6 Å². The number of rotatable bonds is 3. The fraction of sp³-hybridized carbons (Fsp3) is 0.133. The van der Waals surface area contributed by atoms with Crippen LogP contribution in [0.1, 0.15) is 11.4 Å². The molecule has 2 aromatic heterocycles. The Hall–Kier alpha value is -2.27. The quantitative estimate of drug-likeness (QED) is 0.698. The van der Waals surface area contributed by atoms with E-state index in [4.69, 9.17) is 11.6 Å². The zero-order valence-electron chi connectivity index (χ0n) is 11.3. The normalized spacial score (nSPS) is 10.8. The summed E-state index contributed by atoms with van der Waals surface area (Å²) in [6, 6.07) is 7.96. The smallest absolute Gasteiger partial charge is 0.135 e. The first-order valence-electron chi connectivity index (χ1n) is 6.37. The van der Waals surface area contributed by atoms with Gasteiger partial charge in [0.15, 0.2) is 0 Å². The van der Waals surface area contributed by atoms with Crippen molar-refractivity contribution in [3.8, 4) is 11.3 Å². The molecular formula is C15H12ClFN4. The summed E-state index contributed by atoms with van der Waals surface area (Å²) in [6.07, 6.45) is 4.08. The van der Waals surface area contributed by atoms with Crippen molar-refractivity contribution in [2.24, 2.45) is 7.05 Å². The predicted molar refractivity (Wildman–Crippen MR) is 78.5 cm³/mol. The van der Waals surface area contributed by atoms with E-state index in [-0.39, 0.29) is 5.82 Å². The van der Waals surface area contributed by atoms with Gasteiger partial charge in [-0.3, -0.25) is 4.68 Å². The third-order valence-corrected chi connectivity index (χ3v) is 3.21. The Morgan fingerprint density at radius 3 is 2.62 bits per heavy atom. The Morgan fingerprint density at radius 1 is 1.19 bits per heavy atom. The second-order valence-electron chi connectivity index (χ2n) is 4.70. The van der Waals surface area contributed by atoms with Crippen LogP contribution < -0.4 is 0 Å². The summed E-state index contributed by atoms with van der Waals surface area (Å²) in [6.45, 7) is 0. The van der Waals surface area contributed by atoms with Gasteiger partial charge in [-0.1, -0.05) is 23.7 Å². The Balaban J connectivity index is 1.92. The van der Waals surface area contributed by atoms with Gasteiger partial charge in [-0.15, -0.1) is 0 Å². The van der Waals surface area contributed by atoms with Crippen LogP contribution in [0.5, 0.6) is 0 Å². The van der Waals surface area contributed by atoms with E-state index in [9.17, 15) is 4.39 Å². The average Bonchev–Trinajstić information content (AvgIpc) is 2.88. The number of halogens is 2. The molecule has 4 nitrogen and oxygen atoms in total. The first-order chi connectivity index (χ1) is 10.1. The summed E-state index contributed by atoms with van der Waals surface area (Å²) in [5, 5.41) is 4.49.